The fourth-order valence-corrected chi connectivity index (χ4v) is 7.97. The van der Waals surface area contributed by atoms with Gasteiger partial charge in [-0.2, -0.15) is 0 Å². The zero-order chi connectivity index (χ0) is 37.8. The van der Waals surface area contributed by atoms with Gasteiger partial charge < -0.3 is 4.42 Å². The van der Waals surface area contributed by atoms with E-state index in [1.54, 1.807) is 12.1 Å². The van der Waals surface area contributed by atoms with Gasteiger partial charge in [-0.05, 0) is 81.9 Å². The van der Waals surface area contributed by atoms with E-state index in [1.807, 2.05) is 114 Å². The van der Waals surface area contributed by atoms with Crippen molar-refractivity contribution < 1.29 is 9.90 Å². The highest BCUT2D eigenvalue weighted by atomic mass is 16.3. The molecule has 7 aromatic carbocycles. The Morgan fingerprint density at radius 3 is 2.00 bits per heavy atom. The summed E-state index contributed by atoms with van der Waals surface area (Å²) in [6.07, 6.45) is 0. The van der Waals surface area contributed by atoms with E-state index >= 15 is 0 Å². The summed E-state index contributed by atoms with van der Waals surface area (Å²) >= 11 is 0. The molecule has 0 N–H and O–H groups in total. The Bertz CT molecular complexity index is 3150. The maximum atomic E-state index is 9.99. The molecule has 52 heavy (non-hydrogen) atoms. The lowest BCUT2D eigenvalue weighted by molar-refractivity contribution is 0.642. The van der Waals surface area contributed by atoms with E-state index < -0.39 is 12.7 Å². The molecule has 3 aromatic heterocycles. The van der Waals surface area contributed by atoms with Crippen molar-refractivity contribution in [3.8, 4) is 50.6 Å². The van der Waals surface area contributed by atoms with Crippen molar-refractivity contribution in [3.05, 3.63) is 175 Å². The van der Waals surface area contributed by atoms with Crippen molar-refractivity contribution in [1.82, 2.24) is 14.5 Å². The quantitative estimate of drug-likeness (QED) is 0.187. The Morgan fingerprint density at radius 1 is 0.558 bits per heavy atom. The molecule has 4 heteroatoms. The maximum absolute atomic E-state index is 9.99. The third-order valence-electron chi connectivity index (χ3n) is 10.4. The number of para-hydroxylation sites is 3. The van der Waals surface area contributed by atoms with Gasteiger partial charge >= 0.3 is 0 Å². The standard InChI is InChI=1S/C48H31N3O/c1-29-36-19-12-20-39-44-38-18-9-11-22-43(38)52-48(44)51(46(36)39)42-24-23-32(28-40(29)42)47-49-41-21-10-8-17-37(41)45(50-47)35-26-33(30-13-4-2-5-14-30)25-34(27-35)31-15-6-3-7-16-31/h2-29H,1H3/i1D3,29D. The van der Waals surface area contributed by atoms with E-state index in [0.717, 1.165) is 66.2 Å². The van der Waals surface area contributed by atoms with Gasteiger partial charge in [0.15, 0.2) is 5.82 Å². The highest BCUT2D eigenvalue weighted by molar-refractivity contribution is 6.21. The highest BCUT2D eigenvalue weighted by Gasteiger charge is 2.30. The molecule has 0 bridgehead atoms. The first-order valence-electron chi connectivity index (χ1n) is 19.4. The van der Waals surface area contributed by atoms with E-state index in [2.05, 4.69) is 42.5 Å². The van der Waals surface area contributed by atoms with Crippen molar-refractivity contribution in [3.63, 3.8) is 0 Å². The van der Waals surface area contributed by atoms with Crippen LogP contribution in [0.1, 0.15) is 29.4 Å². The Hall–Kier alpha value is -6.78. The summed E-state index contributed by atoms with van der Waals surface area (Å²) in [6, 6.07) is 54.2. The molecule has 4 heterocycles. The van der Waals surface area contributed by atoms with Crippen LogP contribution in [0.25, 0.3) is 94.5 Å². The van der Waals surface area contributed by atoms with Crippen LogP contribution >= 0.6 is 0 Å². The normalized spacial score (nSPS) is 16.5. The van der Waals surface area contributed by atoms with Crippen LogP contribution in [0.4, 0.5) is 0 Å². The lowest BCUT2D eigenvalue weighted by Gasteiger charge is -2.26. The van der Waals surface area contributed by atoms with Gasteiger partial charge in [0.1, 0.15) is 5.58 Å². The van der Waals surface area contributed by atoms with Crippen molar-refractivity contribution in [2.45, 2.75) is 12.7 Å². The predicted molar refractivity (Wildman–Crippen MR) is 213 cm³/mol. The second kappa shape index (κ2) is 11.1. The molecule has 0 radical (unpaired) electrons. The number of fused-ring (bicyclic) bond motifs is 8. The second-order valence-electron chi connectivity index (χ2n) is 13.4. The number of furan rings is 1. The van der Waals surface area contributed by atoms with Gasteiger partial charge in [-0.25, -0.2) is 9.97 Å². The van der Waals surface area contributed by atoms with Crippen LogP contribution < -0.4 is 0 Å². The fraction of sp³-hybridized carbons (Fsp3) is 0.0417. The van der Waals surface area contributed by atoms with Gasteiger partial charge in [0.05, 0.1) is 27.8 Å². The van der Waals surface area contributed by atoms with Gasteiger partial charge in [0.2, 0.25) is 5.71 Å². The highest BCUT2D eigenvalue weighted by Crippen LogP contribution is 2.48. The number of nitrogens with zero attached hydrogens (tertiary/aromatic N) is 3. The monoisotopic (exact) mass is 669 g/mol. The van der Waals surface area contributed by atoms with Crippen LogP contribution in [0.2, 0.25) is 0 Å². The van der Waals surface area contributed by atoms with E-state index in [4.69, 9.17) is 18.5 Å². The van der Waals surface area contributed by atoms with Gasteiger partial charge in [-0.1, -0.05) is 122 Å². The summed E-state index contributed by atoms with van der Waals surface area (Å²) in [5.41, 5.74) is 10.7. The summed E-state index contributed by atoms with van der Waals surface area (Å²) in [6.45, 7) is -2.71. The van der Waals surface area contributed by atoms with E-state index in [0.29, 0.717) is 39.4 Å². The van der Waals surface area contributed by atoms with Crippen LogP contribution in [-0.4, -0.2) is 14.5 Å². The Labute approximate surface area is 305 Å². The molecule has 1 aliphatic rings. The third kappa shape index (κ3) is 4.28. The van der Waals surface area contributed by atoms with Crippen LogP contribution in [0, 0.1) is 0 Å². The van der Waals surface area contributed by atoms with Crippen molar-refractivity contribution in [2.75, 3.05) is 0 Å². The minimum absolute atomic E-state index is 0.337. The number of rotatable bonds is 4. The largest absolute Gasteiger partial charge is 0.439 e. The first-order valence-corrected chi connectivity index (χ1v) is 17.4. The minimum atomic E-state index is -2.71. The maximum Gasteiger partial charge on any atom is 0.213 e. The van der Waals surface area contributed by atoms with Gasteiger partial charge in [0.25, 0.3) is 0 Å². The summed E-state index contributed by atoms with van der Waals surface area (Å²) < 4.78 is 45.1. The molecule has 0 spiro atoms. The minimum Gasteiger partial charge on any atom is -0.439 e. The molecular weight excluding hydrogens is 635 g/mol. The van der Waals surface area contributed by atoms with Gasteiger partial charge in [0, 0.05) is 38.7 Å². The Morgan fingerprint density at radius 2 is 1.23 bits per heavy atom. The second-order valence-corrected chi connectivity index (χ2v) is 13.4. The number of hydrogen-bond acceptors (Lipinski definition) is 3. The lowest BCUT2D eigenvalue weighted by Crippen LogP contribution is -2.11. The molecule has 10 aromatic rings. The number of hydrogen-bond donors (Lipinski definition) is 0. The van der Waals surface area contributed by atoms with E-state index in [-0.39, 0.29) is 0 Å². The number of aromatic nitrogens is 3. The lowest BCUT2D eigenvalue weighted by atomic mass is 9.86. The van der Waals surface area contributed by atoms with Crippen LogP contribution in [-0.2, 0) is 0 Å². The first kappa shape index (κ1) is 25.2. The van der Waals surface area contributed by atoms with Crippen LogP contribution in [0.3, 0.4) is 0 Å². The molecule has 4 nitrogen and oxygen atoms in total. The number of benzene rings is 7. The summed E-state index contributed by atoms with van der Waals surface area (Å²) in [5.74, 6) is -1.65. The van der Waals surface area contributed by atoms with Crippen molar-refractivity contribution >= 4 is 43.9 Å². The van der Waals surface area contributed by atoms with Crippen LogP contribution in [0.5, 0.6) is 0 Å². The molecule has 244 valence electrons. The zero-order valence-corrected chi connectivity index (χ0v) is 27.8. The SMILES string of the molecule is [2H]C([2H])([2H])C1([2H])c2cc(-c3nc(-c4cc(-c5ccccc5)cc(-c5ccccc5)c4)c4ccccc4n3)ccc2-n2c3oc4ccccc4c3c3cccc1c32. The topological polar surface area (TPSA) is 43.9 Å². The van der Waals surface area contributed by atoms with Crippen molar-refractivity contribution in [1.29, 1.82) is 0 Å². The molecule has 1 atom stereocenters. The molecule has 1 unspecified atom stereocenters. The summed E-state index contributed by atoms with van der Waals surface area (Å²) in [4.78, 5) is 10.3. The molecule has 0 aliphatic carbocycles. The molecule has 1 aliphatic heterocycles. The van der Waals surface area contributed by atoms with Gasteiger partial charge in [-0.15, -0.1) is 0 Å². The van der Waals surface area contributed by atoms with Crippen LogP contribution in [0.15, 0.2) is 168 Å². The van der Waals surface area contributed by atoms with Crippen molar-refractivity contribution in [2.24, 2.45) is 0 Å². The molecule has 0 amide bonds. The van der Waals surface area contributed by atoms with E-state index in [1.165, 1.54) is 0 Å². The van der Waals surface area contributed by atoms with Gasteiger partial charge in [-0.3, -0.25) is 4.57 Å². The third-order valence-corrected chi connectivity index (χ3v) is 10.4. The zero-order valence-electron chi connectivity index (χ0n) is 31.8. The molecular formula is C48H31N3O. The van der Waals surface area contributed by atoms with E-state index in [9.17, 15) is 1.37 Å². The average Bonchev–Trinajstić information content (AvgIpc) is 3.77. The Balaban J connectivity index is 1.16. The smallest absolute Gasteiger partial charge is 0.213 e. The average molecular weight is 670 g/mol. The summed E-state index contributed by atoms with van der Waals surface area (Å²) in [5, 5.41) is 3.59. The molecule has 11 rings (SSSR count). The first-order chi connectivity index (χ1) is 27.3. The Kier molecular flexibility index (Phi) is 5.39. The molecule has 0 fully saturated rings. The predicted octanol–water partition coefficient (Wildman–Crippen LogP) is 12.6. The fourth-order valence-electron chi connectivity index (χ4n) is 7.97. The molecule has 0 saturated heterocycles. The molecule has 0 saturated carbocycles. The summed E-state index contributed by atoms with van der Waals surface area (Å²) in [7, 11) is 0.